The molecule has 6 heteroatoms. The molecule has 0 spiro atoms. The molecule has 0 fully saturated rings. The number of nitrogens with one attached hydrogen (secondary N) is 1. The smallest absolute Gasteiger partial charge is 0.0773 e. The first kappa shape index (κ1) is 11.7. The monoisotopic (exact) mass is 254 g/mol. The van der Waals surface area contributed by atoms with Gasteiger partial charge in [-0.15, -0.1) is 5.10 Å². The van der Waals surface area contributed by atoms with Crippen LogP contribution in [0.5, 0.6) is 0 Å². The summed E-state index contributed by atoms with van der Waals surface area (Å²) in [4.78, 5) is 1.14. The van der Waals surface area contributed by atoms with Crippen molar-refractivity contribution in [2.45, 2.75) is 25.8 Å². The third kappa shape index (κ3) is 2.65. The van der Waals surface area contributed by atoms with Gasteiger partial charge in [-0.05, 0) is 53.7 Å². The Bertz CT molecular complexity index is 424. The standard InChI is InChI=1S/C10H14N4S2/c1-7-10(16-14-13-7)9(12-11)3-2-8-4-5-15-6-8/h4-6,9,12H,2-3,11H2,1H3. The molecule has 0 aromatic carbocycles. The topological polar surface area (TPSA) is 63.8 Å². The molecule has 1 atom stereocenters. The van der Waals surface area contributed by atoms with Gasteiger partial charge in [-0.2, -0.15) is 11.3 Å². The largest absolute Gasteiger partial charge is 0.271 e. The van der Waals surface area contributed by atoms with Crippen LogP contribution in [0.3, 0.4) is 0 Å². The Morgan fingerprint density at radius 2 is 2.44 bits per heavy atom. The van der Waals surface area contributed by atoms with Crippen LogP contribution in [-0.2, 0) is 6.42 Å². The van der Waals surface area contributed by atoms with Gasteiger partial charge >= 0.3 is 0 Å². The summed E-state index contributed by atoms with van der Waals surface area (Å²) in [6, 6.07) is 2.30. The summed E-state index contributed by atoms with van der Waals surface area (Å²) in [6.07, 6.45) is 1.99. The Labute approximate surface area is 103 Å². The number of hydrazine groups is 1. The first-order chi connectivity index (χ1) is 7.81. The fourth-order valence-electron chi connectivity index (χ4n) is 1.59. The second-order valence-electron chi connectivity index (χ2n) is 3.61. The van der Waals surface area contributed by atoms with Crippen molar-refractivity contribution in [2.24, 2.45) is 5.84 Å². The summed E-state index contributed by atoms with van der Waals surface area (Å²) in [7, 11) is 0. The van der Waals surface area contributed by atoms with Gasteiger partial charge in [0.15, 0.2) is 0 Å². The third-order valence-electron chi connectivity index (χ3n) is 2.51. The van der Waals surface area contributed by atoms with Gasteiger partial charge in [-0.3, -0.25) is 11.3 Å². The molecule has 2 aromatic heterocycles. The Hall–Kier alpha value is -0.820. The van der Waals surface area contributed by atoms with Crippen molar-refractivity contribution in [3.8, 4) is 0 Å². The van der Waals surface area contributed by atoms with Gasteiger partial charge in [0.25, 0.3) is 0 Å². The summed E-state index contributed by atoms with van der Waals surface area (Å²) in [5.74, 6) is 5.58. The van der Waals surface area contributed by atoms with Gasteiger partial charge in [0.05, 0.1) is 16.6 Å². The zero-order valence-corrected chi connectivity index (χ0v) is 10.6. The van der Waals surface area contributed by atoms with Crippen molar-refractivity contribution in [3.05, 3.63) is 33.0 Å². The molecule has 0 aliphatic heterocycles. The van der Waals surface area contributed by atoms with Crippen LogP contribution in [0.1, 0.15) is 28.6 Å². The number of thiophene rings is 1. The lowest BCUT2D eigenvalue weighted by molar-refractivity contribution is 0.521. The van der Waals surface area contributed by atoms with Gasteiger partial charge in [0.1, 0.15) is 0 Å². The average Bonchev–Trinajstić information content (AvgIpc) is 2.92. The maximum atomic E-state index is 5.58. The highest BCUT2D eigenvalue weighted by atomic mass is 32.1. The Balaban J connectivity index is 1.99. The lowest BCUT2D eigenvalue weighted by atomic mass is 10.1. The third-order valence-corrected chi connectivity index (χ3v) is 4.18. The molecule has 4 nitrogen and oxygen atoms in total. The van der Waals surface area contributed by atoms with Gasteiger partial charge < -0.3 is 0 Å². The molecule has 0 aliphatic rings. The van der Waals surface area contributed by atoms with Gasteiger partial charge in [0.2, 0.25) is 0 Å². The normalized spacial score (nSPS) is 12.9. The van der Waals surface area contributed by atoms with E-state index in [4.69, 9.17) is 5.84 Å². The summed E-state index contributed by atoms with van der Waals surface area (Å²) in [6.45, 7) is 1.97. The highest BCUT2D eigenvalue weighted by Gasteiger charge is 2.15. The van der Waals surface area contributed by atoms with E-state index in [9.17, 15) is 0 Å². The second-order valence-corrected chi connectivity index (χ2v) is 5.18. The Morgan fingerprint density at radius 1 is 1.56 bits per heavy atom. The maximum absolute atomic E-state index is 5.58. The molecule has 2 aromatic rings. The SMILES string of the molecule is Cc1nnsc1C(CCc1ccsc1)NN. The summed E-state index contributed by atoms with van der Waals surface area (Å²) >= 11 is 3.14. The van der Waals surface area contributed by atoms with Crippen LogP contribution in [-0.4, -0.2) is 9.59 Å². The molecular formula is C10H14N4S2. The molecule has 2 heterocycles. The Kier molecular flexibility index (Phi) is 4.00. The van der Waals surface area contributed by atoms with Gasteiger partial charge in [-0.1, -0.05) is 4.49 Å². The van der Waals surface area contributed by atoms with Crippen molar-refractivity contribution in [1.29, 1.82) is 0 Å². The van der Waals surface area contributed by atoms with Gasteiger partial charge in [0, 0.05) is 0 Å². The van der Waals surface area contributed by atoms with Crippen LogP contribution in [0.4, 0.5) is 0 Å². The molecule has 16 heavy (non-hydrogen) atoms. The van der Waals surface area contributed by atoms with Crippen molar-refractivity contribution in [3.63, 3.8) is 0 Å². The van der Waals surface area contributed by atoms with Crippen LogP contribution in [0, 0.1) is 6.92 Å². The molecule has 0 saturated carbocycles. The number of nitrogens with two attached hydrogens (primary N) is 1. The number of aromatic nitrogens is 2. The van der Waals surface area contributed by atoms with E-state index in [1.54, 1.807) is 11.3 Å². The van der Waals surface area contributed by atoms with E-state index in [1.807, 2.05) is 6.92 Å². The summed E-state index contributed by atoms with van der Waals surface area (Å²) < 4.78 is 3.93. The van der Waals surface area contributed by atoms with Crippen molar-refractivity contribution in [2.75, 3.05) is 0 Å². The molecule has 86 valence electrons. The number of aryl methyl sites for hydroxylation is 2. The van der Waals surface area contributed by atoms with Crippen molar-refractivity contribution >= 4 is 22.9 Å². The predicted octanol–water partition coefficient (Wildman–Crippen LogP) is 2.05. The molecule has 0 bridgehead atoms. The molecule has 0 aliphatic carbocycles. The van der Waals surface area contributed by atoms with Crippen LogP contribution in [0.2, 0.25) is 0 Å². The van der Waals surface area contributed by atoms with Crippen LogP contribution >= 0.6 is 22.9 Å². The summed E-state index contributed by atoms with van der Waals surface area (Å²) in [5, 5.41) is 8.27. The molecule has 3 N–H and O–H groups in total. The average molecular weight is 254 g/mol. The number of nitrogens with zero attached hydrogens (tertiary/aromatic N) is 2. The number of rotatable bonds is 5. The van der Waals surface area contributed by atoms with Crippen LogP contribution < -0.4 is 11.3 Å². The minimum absolute atomic E-state index is 0.153. The van der Waals surface area contributed by atoms with Crippen LogP contribution in [0.15, 0.2) is 16.8 Å². The fraction of sp³-hybridized carbons (Fsp3) is 0.400. The number of hydrogen-bond donors (Lipinski definition) is 2. The minimum atomic E-state index is 0.153. The highest BCUT2D eigenvalue weighted by Crippen LogP contribution is 2.24. The molecule has 2 rings (SSSR count). The fourth-order valence-corrected chi connectivity index (χ4v) is 3.03. The molecule has 0 radical (unpaired) electrons. The predicted molar refractivity (Wildman–Crippen MR) is 67.4 cm³/mol. The van der Waals surface area contributed by atoms with Gasteiger partial charge in [-0.25, -0.2) is 0 Å². The van der Waals surface area contributed by atoms with E-state index in [0.717, 1.165) is 23.4 Å². The second kappa shape index (κ2) is 5.49. The van der Waals surface area contributed by atoms with Crippen LogP contribution in [0.25, 0.3) is 0 Å². The van der Waals surface area contributed by atoms with Crippen molar-refractivity contribution < 1.29 is 0 Å². The van der Waals surface area contributed by atoms with Crippen molar-refractivity contribution in [1.82, 2.24) is 15.0 Å². The first-order valence-corrected chi connectivity index (χ1v) is 6.79. The zero-order valence-electron chi connectivity index (χ0n) is 9.01. The Morgan fingerprint density at radius 3 is 3.00 bits per heavy atom. The number of hydrogen-bond acceptors (Lipinski definition) is 6. The minimum Gasteiger partial charge on any atom is -0.271 e. The zero-order chi connectivity index (χ0) is 11.4. The van der Waals surface area contributed by atoms with E-state index < -0.39 is 0 Å². The lowest BCUT2D eigenvalue weighted by Gasteiger charge is -2.13. The summed E-state index contributed by atoms with van der Waals surface area (Å²) in [5.41, 5.74) is 5.17. The molecule has 1 unspecified atom stereocenters. The van der Waals surface area contributed by atoms with E-state index in [1.165, 1.54) is 17.1 Å². The van der Waals surface area contributed by atoms with E-state index >= 15 is 0 Å². The maximum Gasteiger partial charge on any atom is 0.0773 e. The molecule has 0 saturated heterocycles. The molecular weight excluding hydrogens is 240 g/mol. The van der Waals surface area contributed by atoms with E-state index in [2.05, 4.69) is 31.8 Å². The first-order valence-electron chi connectivity index (χ1n) is 5.07. The quantitative estimate of drug-likeness (QED) is 0.633. The van der Waals surface area contributed by atoms with E-state index in [0.29, 0.717) is 0 Å². The molecule has 0 amide bonds. The van der Waals surface area contributed by atoms with E-state index in [-0.39, 0.29) is 6.04 Å². The lowest BCUT2D eigenvalue weighted by Crippen LogP contribution is -2.28. The highest BCUT2D eigenvalue weighted by molar-refractivity contribution is 7.08.